The van der Waals surface area contributed by atoms with Gasteiger partial charge in [0.25, 0.3) is 5.69 Å². The third-order valence-electron chi connectivity index (χ3n) is 5.80. The van der Waals surface area contributed by atoms with E-state index >= 15 is 0 Å². The zero-order valence-electron chi connectivity index (χ0n) is 16.2. The van der Waals surface area contributed by atoms with E-state index in [9.17, 15) is 20.0 Å². The number of anilines is 1. The van der Waals surface area contributed by atoms with Crippen LogP contribution in [0.2, 0.25) is 0 Å². The first-order chi connectivity index (χ1) is 14.0. The number of nitrogens with one attached hydrogen (secondary N) is 1. The van der Waals surface area contributed by atoms with Gasteiger partial charge in [-0.1, -0.05) is 6.92 Å². The largest absolute Gasteiger partial charge is 0.478 e. The van der Waals surface area contributed by atoms with E-state index in [4.69, 9.17) is 0 Å². The number of carbonyl (C=O) groups is 1. The first-order valence-corrected chi connectivity index (χ1v) is 9.79. The molecule has 9 nitrogen and oxygen atoms in total. The maximum atomic E-state index is 11.8. The van der Waals surface area contributed by atoms with Gasteiger partial charge >= 0.3 is 5.97 Å². The topological polar surface area (TPSA) is 121 Å². The third kappa shape index (κ3) is 3.53. The minimum absolute atomic E-state index is 0.0831. The number of non-ortho nitro benzene ring substituents is 1. The molecule has 2 atom stereocenters. The lowest BCUT2D eigenvalue weighted by molar-refractivity contribution is -0.384. The van der Waals surface area contributed by atoms with Gasteiger partial charge in [-0.3, -0.25) is 10.1 Å². The Morgan fingerprint density at radius 1 is 1.31 bits per heavy atom. The molecule has 1 aliphatic carbocycles. The standard InChI is InChI=1S/C20H23N5O4/c1-12-9-16(15-10-13(25(28)29)3-4-14(15)20(26)27)18-17(12)19(23-11-22-18)24-7-2-5-21-6-8-24/h3-4,10-12,16,21H,2,5-9H2,1H3,(H,26,27)/t12-,16-/m1/s1. The summed E-state index contributed by atoms with van der Waals surface area (Å²) in [7, 11) is 0. The SMILES string of the molecule is C[C@@H]1C[C@H](c2cc([N+](=O)[O-])ccc2C(=O)O)c2ncnc(N3CCCNCC3)c21. The lowest BCUT2D eigenvalue weighted by Gasteiger charge is -2.24. The summed E-state index contributed by atoms with van der Waals surface area (Å²) < 4.78 is 0. The monoisotopic (exact) mass is 397 g/mol. The predicted molar refractivity (Wildman–Crippen MR) is 107 cm³/mol. The Morgan fingerprint density at radius 3 is 2.90 bits per heavy atom. The van der Waals surface area contributed by atoms with E-state index in [1.54, 1.807) is 0 Å². The van der Waals surface area contributed by atoms with Crippen LogP contribution in [0, 0.1) is 10.1 Å². The molecule has 2 N–H and O–H groups in total. The number of nitrogens with zero attached hydrogens (tertiary/aromatic N) is 4. The van der Waals surface area contributed by atoms with E-state index < -0.39 is 10.9 Å². The Hall–Kier alpha value is -3.07. The Morgan fingerprint density at radius 2 is 2.14 bits per heavy atom. The van der Waals surface area contributed by atoms with E-state index in [2.05, 4.69) is 27.1 Å². The summed E-state index contributed by atoms with van der Waals surface area (Å²) in [6.07, 6.45) is 3.19. The van der Waals surface area contributed by atoms with Gasteiger partial charge in [0.1, 0.15) is 12.1 Å². The molecule has 1 saturated heterocycles. The van der Waals surface area contributed by atoms with Crippen molar-refractivity contribution < 1.29 is 14.8 Å². The number of benzene rings is 1. The van der Waals surface area contributed by atoms with Gasteiger partial charge < -0.3 is 15.3 Å². The van der Waals surface area contributed by atoms with Gasteiger partial charge in [-0.2, -0.15) is 0 Å². The van der Waals surface area contributed by atoms with Gasteiger partial charge in [0.15, 0.2) is 0 Å². The van der Waals surface area contributed by atoms with Gasteiger partial charge in [0.05, 0.1) is 16.2 Å². The van der Waals surface area contributed by atoms with Crippen LogP contribution in [-0.4, -0.2) is 52.1 Å². The fourth-order valence-electron chi connectivity index (χ4n) is 4.46. The average Bonchev–Trinajstić information content (AvgIpc) is 2.88. The second kappa shape index (κ2) is 7.75. The Bertz CT molecular complexity index is 956. The maximum absolute atomic E-state index is 11.8. The van der Waals surface area contributed by atoms with E-state index in [-0.39, 0.29) is 23.1 Å². The van der Waals surface area contributed by atoms with Gasteiger partial charge in [-0.25, -0.2) is 14.8 Å². The first kappa shape index (κ1) is 19.3. The molecule has 0 amide bonds. The molecular weight excluding hydrogens is 374 g/mol. The summed E-state index contributed by atoms with van der Waals surface area (Å²) in [5, 5.41) is 24.3. The molecule has 1 aromatic carbocycles. The molecule has 2 aliphatic rings. The van der Waals surface area contributed by atoms with Crippen LogP contribution in [0.3, 0.4) is 0 Å². The molecule has 2 aromatic rings. The lowest BCUT2D eigenvalue weighted by atomic mass is 9.90. The Balaban J connectivity index is 1.81. The number of aromatic carboxylic acids is 1. The highest BCUT2D eigenvalue weighted by molar-refractivity contribution is 5.90. The number of fused-ring (bicyclic) bond motifs is 1. The van der Waals surface area contributed by atoms with Gasteiger partial charge in [-0.05, 0) is 36.9 Å². The summed E-state index contributed by atoms with van der Waals surface area (Å²) in [6, 6.07) is 3.94. The highest BCUT2D eigenvalue weighted by Crippen LogP contribution is 2.48. The van der Waals surface area contributed by atoms with Crippen LogP contribution < -0.4 is 10.2 Å². The van der Waals surface area contributed by atoms with Crippen LogP contribution in [0.25, 0.3) is 0 Å². The van der Waals surface area contributed by atoms with Crippen LogP contribution in [0.4, 0.5) is 11.5 Å². The lowest BCUT2D eigenvalue weighted by Crippen LogP contribution is -2.29. The van der Waals surface area contributed by atoms with Crippen molar-refractivity contribution in [2.45, 2.75) is 31.6 Å². The number of hydrogen-bond acceptors (Lipinski definition) is 7. The second-order valence-corrected chi connectivity index (χ2v) is 7.61. The second-order valence-electron chi connectivity index (χ2n) is 7.61. The van der Waals surface area contributed by atoms with Gasteiger partial charge in [-0.15, -0.1) is 0 Å². The smallest absolute Gasteiger partial charge is 0.335 e. The first-order valence-electron chi connectivity index (χ1n) is 9.79. The van der Waals surface area contributed by atoms with Crippen LogP contribution in [0.5, 0.6) is 0 Å². The summed E-state index contributed by atoms with van der Waals surface area (Å²) in [5.41, 5.74) is 2.23. The highest BCUT2D eigenvalue weighted by atomic mass is 16.6. The molecule has 1 aromatic heterocycles. The molecule has 0 unspecified atom stereocenters. The predicted octanol–water partition coefficient (Wildman–Crippen LogP) is 2.52. The van der Waals surface area contributed by atoms with Gasteiger partial charge in [0.2, 0.25) is 0 Å². The highest BCUT2D eigenvalue weighted by Gasteiger charge is 2.37. The van der Waals surface area contributed by atoms with Crippen molar-refractivity contribution in [1.82, 2.24) is 15.3 Å². The zero-order chi connectivity index (χ0) is 20.5. The van der Waals surface area contributed by atoms with Gasteiger partial charge in [0, 0.05) is 43.2 Å². The molecule has 29 heavy (non-hydrogen) atoms. The number of aromatic nitrogens is 2. The van der Waals surface area contributed by atoms with E-state index in [0.29, 0.717) is 12.0 Å². The Kier molecular flexibility index (Phi) is 5.14. The number of hydrogen-bond donors (Lipinski definition) is 2. The van der Waals surface area contributed by atoms with Crippen molar-refractivity contribution in [3.05, 3.63) is 57.0 Å². The maximum Gasteiger partial charge on any atom is 0.335 e. The summed E-state index contributed by atoms with van der Waals surface area (Å²) in [6.45, 7) is 5.67. The van der Waals surface area contributed by atoms with Crippen molar-refractivity contribution in [3.8, 4) is 0 Å². The zero-order valence-corrected chi connectivity index (χ0v) is 16.2. The molecule has 0 bridgehead atoms. The minimum atomic E-state index is -1.09. The molecular formula is C20H23N5O4. The minimum Gasteiger partial charge on any atom is -0.478 e. The molecule has 4 rings (SSSR count). The van der Waals surface area contributed by atoms with Crippen LogP contribution in [-0.2, 0) is 0 Å². The molecule has 0 saturated carbocycles. The number of nitro groups is 1. The number of rotatable bonds is 4. The summed E-state index contributed by atoms with van der Waals surface area (Å²) in [5.74, 6) is -0.374. The number of carboxylic acid groups (broad SMARTS) is 1. The normalized spacial score (nSPS) is 21.5. The summed E-state index contributed by atoms with van der Waals surface area (Å²) in [4.78, 5) is 33.9. The average molecular weight is 397 g/mol. The number of nitro benzene ring substituents is 1. The van der Waals surface area contributed by atoms with Crippen LogP contribution in [0.15, 0.2) is 24.5 Å². The molecule has 152 valence electrons. The fourth-order valence-corrected chi connectivity index (χ4v) is 4.46. The molecule has 1 aliphatic heterocycles. The van der Waals surface area contributed by atoms with Crippen molar-refractivity contribution in [1.29, 1.82) is 0 Å². The fraction of sp³-hybridized carbons (Fsp3) is 0.450. The molecule has 0 radical (unpaired) electrons. The quantitative estimate of drug-likeness (QED) is 0.596. The van der Waals surface area contributed by atoms with Crippen LogP contribution >= 0.6 is 0 Å². The molecule has 9 heteroatoms. The molecule has 2 heterocycles. The van der Waals surface area contributed by atoms with Crippen molar-refractivity contribution >= 4 is 17.5 Å². The Labute approximate surface area is 167 Å². The van der Waals surface area contributed by atoms with E-state index in [0.717, 1.165) is 49.7 Å². The summed E-state index contributed by atoms with van der Waals surface area (Å²) >= 11 is 0. The number of carboxylic acids is 1. The molecule has 0 spiro atoms. The van der Waals surface area contributed by atoms with E-state index in [1.807, 2.05) is 0 Å². The van der Waals surface area contributed by atoms with Crippen LogP contribution in [0.1, 0.15) is 58.8 Å². The van der Waals surface area contributed by atoms with Crippen molar-refractivity contribution in [2.75, 3.05) is 31.1 Å². The third-order valence-corrected chi connectivity index (χ3v) is 5.80. The van der Waals surface area contributed by atoms with Crippen molar-refractivity contribution in [2.24, 2.45) is 0 Å². The van der Waals surface area contributed by atoms with E-state index in [1.165, 1.54) is 24.5 Å². The van der Waals surface area contributed by atoms with Crippen molar-refractivity contribution in [3.63, 3.8) is 0 Å². The molecule has 1 fully saturated rings.